The van der Waals surface area contributed by atoms with Crippen molar-refractivity contribution in [2.45, 2.75) is 90.9 Å². The van der Waals surface area contributed by atoms with E-state index in [1.165, 1.54) is 57.6 Å². The number of amides is 2. The second-order valence-electron chi connectivity index (χ2n) is 9.88. The van der Waals surface area contributed by atoms with E-state index in [4.69, 9.17) is 9.47 Å². The molecule has 41 heavy (non-hydrogen) atoms. The molecule has 2 N–H and O–H groups in total. The molecular formula is C32H44BrN3O5. The Hall–Kier alpha value is -3.20. The summed E-state index contributed by atoms with van der Waals surface area (Å²) in [6, 6.07) is 11.8. The van der Waals surface area contributed by atoms with Crippen molar-refractivity contribution >= 4 is 39.9 Å². The largest absolute Gasteiger partial charge is 0.494 e. The second kappa shape index (κ2) is 20.6. The van der Waals surface area contributed by atoms with Gasteiger partial charge in [-0.05, 0) is 55.8 Å². The first kappa shape index (κ1) is 34.0. The first-order chi connectivity index (χ1) is 19.9. The van der Waals surface area contributed by atoms with Gasteiger partial charge in [-0.1, -0.05) is 87.1 Å². The van der Waals surface area contributed by atoms with Crippen molar-refractivity contribution in [2.24, 2.45) is 5.10 Å². The van der Waals surface area contributed by atoms with Crippen LogP contribution in [0, 0.1) is 0 Å². The van der Waals surface area contributed by atoms with Crippen molar-refractivity contribution in [1.82, 2.24) is 10.7 Å². The van der Waals surface area contributed by atoms with Crippen LogP contribution in [0.3, 0.4) is 0 Å². The molecule has 224 valence electrons. The fourth-order valence-electron chi connectivity index (χ4n) is 4.16. The Morgan fingerprint density at radius 3 is 2.10 bits per heavy atom. The summed E-state index contributed by atoms with van der Waals surface area (Å²) in [5.41, 5.74) is 3.25. The van der Waals surface area contributed by atoms with Gasteiger partial charge in [0.25, 0.3) is 5.91 Å². The van der Waals surface area contributed by atoms with Gasteiger partial charge < -0.3 is 14.8 Å². The molecule has 0 spiro atoms. The van der Waals surface area contributed by atoms with Crippen molar-refractivity contribution in [2.75, 3.05) is 13.2 Å². The predicted octanol–water partition coefficient (Wildman–Crippen LogP) is 7.33. The number of ether oxygens (including phenoxy) is 2. The van der Waals surface area contributed by atoms with Crippen LogP contribution in [0.15, 0.2) is 52.0 Å². The molecule has 9 heteroatoms. The van der Waals surface area contributed by atoms with Crippen LogP contribution < -0.4 is 20.2 Å². The Kier molecular flexibility index (Phi) is 17.1. The minimum Gasteiger partial charge on any atom is -0.494 e. The molecule has 0 aliphatic rings. The molecule has 2 rings (SSSR count). The van der Waals surface area contributed by atoms with E-state index < -0.39 is 11.9 Å². The minimum absolute atomic E-state index is 0.143. The van der Waals surface area contributed by atoms with E-state index in [0.717, 1.165) is 23.7 Å². The summed E-state index contributed by atoms with van der Waals surface area (Å²) in [6.07, 6.45) is 15.2. The number of hydrogen-bond acceptors (Lipinski definition) is 6. The Morgan fingerprint density at radius 2 is 1.46 bits per heavy atom. The highest BCUT2D eigenvalue weighted by molar-refractivity contribution is 9.10. The van der Waals surface area contributed by atoms with E-state index in [1.807, 2.05) is 6.92 Å². The lowest BCUT2D eigenvalue weighted by Gasteiger charge is -2.09. The SMILES string of the molecule is CCCCCCCCCCCCCC(=O)NCC(=O)N/N=C\c1cc(Br)ccc1OC(=O)c1ccc(OCC)cc1. The molecular weight excluding hydrogens is 586 g/mol. The van der Waals surface area contributed by atoms with Crippen LogP contribution in [-0.2, 0) is 9.59 Å². The number of nitrogens with one attached hydrogen (secondary N) is 2. The van der Waals surface area contributed by atoms with Gasteiger partial charge in [0.2, 0.25) is 5.91 Å². The van der Waals surface area contributed by atoms with Crippen LogP contribution >= 0.6 is 15.9 Å². The number of nitrogens with zero attached hydrogens (tertiary/aromatic N) is 1. The second-order valence-corrected chi connectivity index (χ2v) is 10.8. The van der Waals surface area contributed by atoms with Gasteiger partial charge in [-0.25, -0.2) is 10.2 Å². The molecule has 0 aromatic heterocycles. The van der Waals surface area contributed by atoms with Crippen molar-refractivity contribution in [3.63, 3.8) is 0 Å². The lowest BCUT2D eigenvalue weighted by atomic mass is 10.1. The Balaban J connectivity index is 1.68. The van der Waals surface area contributed by atoms with Gasteiger partial charge in [-0.3, -0.25) is 9.59 Å². The average molecular weight is 631 g/mol. The van der Waals surface area contributed by atoms with Gasteiger partial charge in [-0.2, -0.15) is 5.10 Å². The quantitative estimate of drug-likeness (QED) is 0.0524. The van der Waals surface area contributed by atoms with Crippen LogP contribution in [0.5, 0.6) is 11.5 Å². The highest BCUT2D eigenvalue weighted by Gasteiger charge is 2.12. The molecule has 2 amide bonds. The smallest absolute Gasteiger partial charge is 0.343 e. The van der Waals surface area contributed by atoms with Crippen LogP contribution in [0.2, 0.25) is 0 Å². The number of hydrazone groups is 1. The molecule has 0 heterocycles. The van der Waals surface area contributed by atoms with Gasteiger partial charge in [-0.15, -0.1) is 0 Å². The number of rotatable bonds is 20. The molecule has 0 atom stereocenters. The number of benzene rings is 2. The van der Waals surface area contributed by atoms with E-state index >= 15 is 0 Å². The van der Waals surface area contributed by atoms with Crippen LogP contribution in [0.1, 0.15) is 107 Å². The minimum atomic E-state index is -0.533. The average Bonchev–Trinajstić information content (AvgIpc) is 2.96. The van der Waals surface area contributed by atoms with Gasteiger partial charge in [0, 0.05) is 16.5 Å². The van der Waals surface area contributed by atoms with Crippen LogP contribution in [-0.4, -0.2) is 37.1 Å². The van der Waals surface area contributed by atoms with Crippen LogP contribution in [0.25, 0.3) is 0 Å². The summed E-state index contributed by atoms with van der Waals surface area (Å²) in [6.45, 7) is 4.50. The standard InChI is InChI=1S/C32H44BrN3O5/c1-3-5-6-7-8-9-10-11-12-13-14-15-30(37)34-24-31(38)36-35-23-26-22-27(33)18-21-29(26)41-32(39)25-16-19-28(20-17-25)40-4-2/h16-23H,3-15,24H2,1-2H3,(H,34,37)(H,36,38)/b35-23-. The van der Waals surface area contributed by atoms with Crippen molar-refractivity contribution in [3.05, 3.63) is 58.1 Å². The fourth-order valence-corrected chi connectivity index (χ4v) is 4.54. The van der Waals surface area contributed by atoms with Crippen molar-refractivity contribution < 1.29 is 23.9 Å². The van der Waals surface area contributed by atoms with Gasteiger partial charge in [0.15, 0.2) is 0 Å². The maximum Gasteiger partial charge on any atom is 0.343 e. The molecule has 8 nitrogen and oxygen atoms in total. The van der Waals surface area contributed by atoms with Crippen molar-refractivity contribution in [3.8, 4) is 11.5 Å². The zero-order chi connectivity index (χ0) is 29.7. The molecule has 0 bridgehead atoms. The number of unbranched alkanes of at least 4 members (excludes halogenated alkanes) is 10. The van der Waals surface area contributed by atoms with E-state index in [0.29, 0.717) is 29.9 Å². The zero-order valence-corrected chi connectivity index (χ0v) is 26.0. The Bertz CT molecular complexity index is 1110. The Labute approximate surface area is 252 Å². The number of hydrogen-bond donors (Lipinski definition) is 2. The summed E-state index contributed by atoms with van der Waals surface area (Å²) in [5.74, 6) is -0.173. The summed E-state index contributed by atoms with van der Waals surface area (Å²) in [4.78, 5) is 36.8. The third-order valence-corrected chi connectivity index (χ3v) is 6.92. The van der Waals surface area contributed by atoms with Crippen LogP contribution in [0.4, 0.5) is 0 Å². The number of halogens is 1. The first-order valence-electron chi connectivity index (χ1n) is 14.8. The monoisotopic (exact) mass is 629 g/mol. The van der Waals surface area contributed by atoms with Crippen molar-refractivity contribution in [1.29, 1.82) is 0 Å². The van der Waals surface area contributed by atoms with Gasteiger partial charge in [0.05, 0.1) is 24.9 Å². The van der Waals surface area contributed by atoms with E-state index in [-0.39, 0.29) is 18.2 Å². The summed E-state index contributed by atoms with van der Waals surface area (Å²) in [7, 11) is 0. The molecule has 0 fully saturated rings. The van der Waals surface area contributed by atoms with E-state index in [1.54, 1.807) is 42.5 Å². The molecule has 0 unspecified atom stereocenters. The molecule has 2 aromatic carbocycles. The summed E-state index contributed by atoms with van der Waals surface area (Å²) >= 11 is 3.39. The summed E-state index contributed by atoms with van der Waals surface area (Å²) < 4.78 is 11.7. The normalized spacial score (nSPS) is 10.9. The van der Waals surface area contributed by atoms with E-state index in [2.05, 4.69) is 38.7 Å². The lowest BCUT2D eigenvalue weighted by Crippen LogP contribution is -2.34. The third-order valence-electron chi connectivity index (χ3n) is 6.42. The van der Waals surface area contributed by atoms with E-state index in [9.17, 15) is 14.4 Å². The number of esters is 1. The molecule has 0 saturated carbocycles. The number of carbonyl (C=O) groups is 3. The maximum absolute atomic E-state index is 12.6. The van der Waals surface area contributed by atoms with Gasteiger partial charge in [0.1, 0.15) is 11.5 Å². The molecule has 0 saturated heterocycles. The third kappa shape index (κ3) is 14.8. The molecule has 0 aliphatic heterocycles. The van der Waals surface area contributed by atoms with Gasteiger partial charge >= 0.3 is 5.97 Å². The molecule has 0 aliphatic carbocycles. The first-order valence-corrected chi connectivity index (χ1v) is 15.6. The fraction of sp³-hybridized carbons (Fsp3) is 0.500. The number of carbonyl (C=O) groups excluding carboxylic acids is 3. The highest BCUT2D eigenvalue weighted by Crippen LogP contribution is 2.23. The zero-order valence-electron chi connectivity index (χ0n) is 24.4. The molecule has 0 radical (unpaired) electrons. The maximum atomic E-state index is 12.6. The predicted molar refractivity (Wildman–Crippen MR) is 167 cm³/mol. The lowest BCUT2D eigenvalue weighted by molar-refractivity contribution is -0.126. The topological polar surface area (TPSA) is 106 Å². The summed E-state index contributed by atoms with van der Waals surface area (Å²) in [5, 5.41) is 6.59. The highest BCUT2D eigenvalue weighted by atomic mass is 79.9. The Morgan fingerprint density at radius 1 is 0.829 bits per heavy atom. The molecule has 2 aromatic rings.